The van der Waals surface area contributed by atoms with E-state index in [0.717, 1.165) is 17.4 Å². The lowest BCUT2D eigenvalue weighted by Gasteiger charge is -2.37. The molecule has 0 bridgehead atoms. The highest BCUT2D eigenvalue weighted by Gasteiger charge is 2.34. The summed E-state index contributed by atoms with van der Waals surface area (Å²) in [4.78, 5) is 28.0. The zero-order valence-electron chi connectivity index (χ0n) is 17.1. The molecule has 0 N–H and O–H groups in total. The number of rotatable bonds is 5. The molecule has 0 saturated carbocycles. The normalized spacial score (nSPS) is 15.9. The summed E-state index contributed by atoms with van der Waals surface area (Å²) < 4.78 is 31.1. The first-order valence-corrected chi connectivity index (χ1v) is 11.2. The van der Waals surface area contributed by atoms with Crippen molar-refractivity contribution < 1.29 is 22.7 Å². The van der Waals surface area contributed by atoms with Crippen LogP contribution in [0, 0.1) is 13.8 Å². The number of aryl methyl sites for hydroxylation is 2. The molecular formula is C19H29N3O5S. The summed E-state index contributed by atoms with van der Waals surface area (Å²) in [6.45, 7) is 8.89. The monoisotopic (exact) mass is 411 g/mol. The third kappa shape index (κ3) is 4.95. The summed E-state index contributed by atoms with van der Waals surface area (Å²) in [7, 11) is -3.66. The van der Waals surface area contributed by atoms with Crippen LogP contribution in [0.15, 0.2) is 18.2 Å². The summed E-state index contributed by atoms with van der Waals surface area (Å²) in [6, 6.07) is 4.45. The Morgan fingerprint density at radius 3 is 2.18 bits per heavy atom. The first kappa shape index (κ1) is 22.0. The maximum atomic E-state index is 13.0. The predicted molar refractivity (Wildman–Crippen MR) is 108 cm³/mol. The highest BCUT2D eigenvalue weighted by Crippen LogP contribution is 2.24. The molecule has 0 unspecified atom stereocenters. The van der Waals surface area contributed by atoms with Gasteiger partial charge >= 0.3 is 6.09 Å². The molecule has 1 aromatic carbocycles. The van der Waals surface area contributed by atoms with Crippen LogP contribution in [0.2, 0.25) is 0 Å². The average Bonchev–Trinajstić information content (AvgIpc) is 2.63. The fourth-order valence-electron chi connectivity index (χ4n) is 3.25. The van der Waals surface area contributed by atoms with Crippen LogP contribution in [0.25, 0.3) is 0 Å². The Morgan fingerprint density at radius 2 is 1.68 bits per heavy atom. The van der Waals surface area contributed by atoms with Crippen LogP contribution in [0.4, 0.5) is 10.5 Å². The molecule has 0 spiro atoms. The van der Waals surface area contributed by atoms with Crippen molar-refractivity contribution in [3.8, 4) is 0 Å². The topological polar surface area (TPSA) is 87.2 Å². The number of carbonyl (C=O) groups is 2. The lowest BCUT2D eigenvalue weighted by atomic mass is 10.1. The fraction of sp³-hybridized carbons (Fsp3) is 0.579. The smallest absolute Gasteiger partial charge is 0.409 e. The van der Waals surface area contributed by atoms with Crippen molar-refractivity contribution in [1.29, 1.82) is 0 Å². The Bertz CT molecular complexity index is 832. The Morgan fingerprint density at radius 1 is 1.11 bits per heavy atom. The van der Waals surface area contributed by atoms with E-state index in [0.29, 0.717) is 38.5 Å². The summed E-state index contributed by atoms with van der Waals surface area (Å²) in [5, 5.41) is 0. The summed E-state index contributed by atoms with van der Waals surface area (Å²) in [5.41, 5.74) is 2.47. The number of amides is 2. The molecule has 1 aliphatic rings. The van der Waals surface area contributed by atoms with Gasteiger partial charge < -0.3 is 14.5 Å². The number of carbonyl (C=O) groups excluding carboxylic acids is 2. The van der Waals surface area contributed by atoms with Crippen LogP contribution in [-0.2, 0) is 19.6 Å². The average molecular weight is 412 g/mol. The second-order valence-corrected chi connectivity index (χ2v) is 8.87. The minimum absolute atomic E-state index is 0.285. The molecular weight excluding hydrogens is 382 g/mol. The molecule has 8 nitrogen and oxygen atoms in total. The van der Waals surface area contributed by atoms with Gasteiger partial charge in [0, 0.05) is 26.2 Å². The Hall–Kier alpha value is -2.29. The first-order chi connectivity index (χ1) is 13.1. The quantitative estimate of drug-likeness (QED) is 0.737. The minimum atomic E-state index is -3.66. The van der Waals surface area contributed by atoms with Gasteiger partial charge in [0.25, 0.3) is 0 Å². The highest BCUT2D eigenvalue weighted by molar-refractivity contribution is 7.92. The lowest BCUT2D eigenvalue weighted by molar-refractivity contribution is -0.133. The number of nitrogens with zero attached hydrogens (tertiary/aromatic N) is 3. The van der Waals surface area contributed by atoms with Gasteiger partial charge in [0.1, 0.15) is 6.04 Å². The Labute approximate surface area is 167 Å². The molecule has 0 aliphatic carbocycles. The van der Waals surface area contributed by atoms with E-state index >= 15 is 0 Å². The van der Waals surface area contributed by atoms with Crippen molar-refractivity contribution in [3.05, 3.63) is 29.3 Å². The van der Waals surface area contributed by atoms with Crippen LogP contribution in [0.5, 0.6) is 0 Å². The Kier molecular flexibility index (Phi) is 6.92. The number of sulfonamides is 1. The number of hydrogen-bond acceptors (Lipinski definition) is 5. The van der Waals surface area contributed by atoms with Gasteiger partial charge in [0.15, 0.2) is 0 Å². The first-order valence-electron chi connectivity index (χ1n) is 9.33. The molecule has 2 amide bonds. The molecule has 28 heavy (non-hydrogen) atoms. The maximum Gasteiger partial charge on any atom is 0.409 e. The van der Waals surface area contributed by atoms with Gasteiger partial charge in [0.05, 0.1) is 18.6 Å². The van der Waals surface area contributed by atoms with Crippen molar-refractivity contribution in [3.63, 3.8) is 0 Å². The second kappa shape index (κ2) is 8.81. The summed E-state index contributed by atoms with van der Waals surface area (Å²) in [6.07, 6.45) is 0.709. The standard InChI is InChI=1S/C19H29N3O5S/c1-6-27-19(24)21-11-9-20(10-12-21)18(23)16(4)22(28(5,25)26)17-8-7-14(2)15(3)13-17/h7-8,13,16H,6,9-12H2,1-5H3/t16-/m1/s1. The fourth-order valence-corrected chi connectivity index (χ4v) is 4.41. The van der Waals surface area contributed by atoms with Gasteiger partial charge in [-0.3, -0.25) is 9.10 Å². The van der Waals surface area contributed by atoms with Crippen LogP contribution >= 0.6 is 0 Å². The molecule has 1 fully saturated rings. The second-order valence-electron chi connectivity index (χ2n) is 7.01. The van der Waals surface area contributed by atoms with Gasteiger partial charge in [-0.15, -0.1) is 0 Å². The van der Waals surface area contributed by atoms with Gasteiger partial charge in [-0.2, -0.15) is 0 Å². The zero-order chi connectivity index (χ0) is 21.1. The molecule has 9 heteroatoms. The number of anilines is 1. The lowest BCUT2D eigenvalue weighted by Crippen LogP contribution is -2.56. The molecule has 1 aromatic rings. The van der Waals surface area contributed by atoms with Crippen LogP contribution in [0.1, 0.15) is 25.0 Å². The summed E-state index contributed by atoms with van der Waals surface area (Å²) in [5.74, 6) is -0.285. The number of hydrogen-bond donors (Lipinski definition) is 0. The molecule has 1 saturated heterocycles. The number of piperazine rings is 1. The highest BCUT2D eigenvalue weighted by atomic mass is 32.2. The van der Waals surface area contributed by atoms with E-state index in [4.69, 9.17) is 4.74 Å². The van der Waals surface area contributed by atoms with Crippen molar-refractivity contribution in [2.75, 3.05) is 43.3 Å². The van der Waals surface area contributed by atoms with E-state index < -0.39 is 22.2 Å². The van der Waals surface area contributed by atoms with E-state index in [1.165, 1.54) is 4.31 Å². The van der Waals surface area contributed by atoms with Gasteiger partial charge in [-0.05, 0) is 51.0 Å². The largest absolute Gasteiger partial charge is 0.450 e. The van der Waals surface area contributed by atoms with Gasteiger partial charge in [-0.25, -0.2) is 13.2 Å². The van der Waals surface area contributed by atoms with E-state index in [9.17, 15) is 18.0 Å². The predicted octanol–water partition coefficient (Wildman–Crippen LogP) is 1.76. The minimum Gasteiger partial charge on any atom is -0.450 e. The van der Waals surface area contributed by atoms with Crippen molar-refractivity contribution in [1.82, 2.24) is 9.80 Å². The van der Waals surface area contributed by atoms with E-state index in [1.807, 2.05) is 19.9 Å². The molecule has 1 aliphatic heterocycles. The van der Waals surface area contributed by atoms with Gasteiger partial charge in [-0.1, -0.05) is 6.07 Å². The SMILES string of the molecule is CCOC(=O)N1CCN(C(=O)[C@@H](C)N(c2ccc(C)c(C)c2)S(C)(=O)=O)CC1. The van der Waals surface area contributed by atoms with Crippen LogP contribution in [-0.4, -0.2) is 75.3 Å². The van der Waals surface area contributed by atoms with Crippen molar-refractivity contribution in [2.45, 2.75) is 33.7 Å². The molecule has 1 atom stereocenters. The van der Waals surface area contributed by atoms with E-state index in [2.05, 4.69) is 0 Å². The van der Waals surface area contributed by atoms with Gasteiger partial charge in [0.2, 0.25) is 15.9 Å². The Balaban J connectivity index is 2.17. The molecule has 2 rings (SSSR count). The zero-order valence-corrected chi connectivity index (χ0v) is 18.0. The third-order valence-electron chi connectivity index (χ3n) is 4.93. The van der Waals surface area contributed by atoms with Crippen molar-refractivity contribution in [2.24, 2.45) is 0 Å². The van der Waals surface area contributed by atoms with Crippen LogP contribution in [0.3, 0.4) is 0 Å². The maximum absolute atomic E-state index is 13.0. The molecule has 156 valence electrons. The summed E-state index contributed by atoms with van der Waals surface area (Å²) >= 11 is 0. The number of ether oxygens (including phenoxy) is 1. The van der Waals surface area contributed by atoms with E-state index in [-0.39, 0.29) is 5.91 Å². The number of benzene rings is 1. The molecule has 0 radical (unpaired) electrons. The molecule has 1 heterocycles. The molecule has 0 aromatic heterocycles. The van der Waals surface area contributed by atoms with Crippen LogP contribution < -0.4 is 4.31 Å². The van der Waals surface area contributed by atoms with Crippen molar-refractivity contribution >= 4 is 27.7 Å². The van der Waals surface area contributed by atoms with E-state index in [1.54, 1.807) is 35.8 Å². The third-order valence-corrected chi connectivity index (χ3v) is 6.17.